The molecule has 3 N–H and O–H groups in total. The minimum absolute atomic E-state index is 0.102. The van der Waals surface area contributed by atoms with Gasteiger partial charge in [0.05, 0.1) is 0 Å². The summed E-state index contributed by atoms with van der Waals surface area (Å²) >= 11 is 0. The lowest BCUT2D eigenvalue weighted by Crippen LogP contribution is -2.47. The number of aromatic nitrogens is 3. The molecule has 0 saturated carbocycles. The second-order valence-electron chi connectivity index (χ2n) is 7.79. The van der Waals surface area contributed by atoms with Gasteiger partial charge in [0.1, 0.15) is 23.0 Å². The number of hydrogen-bond acceptors (Lipinski definition) is 4. The first-order valence-electron chi connectivity index (χ1n) is 10.3. The molecule has 0 radical (unpaired) electrons. The molecule has 2 amide bonds. The van der Waals surface area contributed by atoms with Gasteiger partial charge >= 0.3 is 0 Å². The zero-order chi connectivity index (χ0) is 23.1. The molecule has 166 valence electrons. The molecule has 3 heterocycles. The van der Waals surface area contributed by atoms with Crippen molar-refractivity contribution >= 4 is 17.5 Å². The SMILES string of the molecule is C=CC(=O)N1CC(c2c[nH]n3c(C(N)=O)c(-c4ccc(Oc5ccc(F)cc5)cc4)nc23)C1. The molecule has 5 rings (SSSR count). The number of carbonyl (C=O) groups is 2. The molecule has 2 aromatic heterocycles. The van der Waals surface area contributed by atoms with Crippen LogP contribution in [0.5, 0.6) is 11.5 Å². The van der Waals surface area contributed by atoms with Gasteiger partial charge < -0.3 is 15.4 Å². The number of nitrogens with one attached hydrogen (secondary N) is 1. The Kier molecular flexibility index (Phi) is 4.93. The molecule has 0 spiro atoms. The number of rotatable bonds is 6. The number of carbonyl (C=O) groups excluding carboxylic acids is 2. The number of nitrogens with zero attached hydrogens (tertiary/aromatic N) is 3. The molecule has 1 aliphatic rings. The van der Waals surface area contributed by atoms with E-state index in [0.717, 1.165) is 5.56 Å². The first-order chi connectivity index (χ1) is 15.9. The maximum atomic E-state index is 13.1. The molecule has 1 saturated heterocycles. The van der Waals surface area contributed by atoms with Crippen molar-refractivity contribution in [2.75, 3.05) is 13.1 Å². The van der Waals surface area contributed by atoms with Crippen LogP contribution in [0, 0.1) is 5.82 Å². The summed E-state index contributed by atoms with van der Waals surface area (Å²) < 4.78 is 20.4. The molecule has 0 bridgehead atoms. The standard InChI is InChI=1S/C24H20FN5O3/c1-2-20(31)29-12-15(13-29)19-11-27-30-22(23(26)32)21(28-24(19)30)14-3-7-17(8-4-14)33-18-9-5-16(25)6-10-18/h2-11,15,27H,1,12-13H2,(H2,26,32). The normalized spacial score (nSPS) is 13.7. The molecule has 1 fully saturated rings. The number of fused-ring (bicyclic) bond motifs is 1. The van der Waals surface area contributed by atoms with E-state index >= 15 is 0 Å². The van der Waals surface area contributed by atoms with E-state index in [1.165, 1.54) is 30.3 Å². The zero-order valence-electron chi connectivity index (χ0n) is 17.5. The largest absolute Gasteiger partial charge is 0.457 e. The minimum Gasteiger partial charge on any atom is -0.457 e. The van der Waals surface area contributed by atoms with Crippen molar-refractivity contribution in [3.05, 3.63) is 84.5 Å². The number of ether oxygens (including phenoxy) is 1. The highest BCUT2D eigenvalue weighted by atomic mass is 19.1. The van der Waals surface area contributed by atoms with Crippen molar-refractivity contribution in [2.24, 2.45) is 5.73 Å². The summed E-state index contributed by atoms with van der Waals surface area (Å²) in [4.78, 5) is 30.4. The molecule has 9 heteroatoms. The van der Waals surface area contributed by atoms with Crippen LogP contribution in [0.4, 0.5) is 4.39 Å². The fourth-order valence-corrected chi connectivity index (χ4v) is 3.97. The first kappa shape index (κ1) is 20.5. The van der Waals surface area contributed by atoms with Crippen molar-refractivity contribution in [3.8, 4) is 22.8 Å². The van der Waals surface area contributed by atoms with E-state index in [2.05, 4.69) is 11.7 Å². The average molecular weight is 445 g/mol. The van der Waals surface area contributed by atoms with Crippen LogP contribution in [-0.2, 0) is 4.79 Å². The molecule has 8 nitrogen and oxygen atoms in total. The van der Waals surface area contributed by atoms with Gasteiger partial charge in [-0.25, -0.2) is 13.9 Å². The number of amides is 2. The lowest BCUT2D eigenvalue weighted by atomic mass is 9.93. The maximum absolute atomic E-state index is 13.1. The number of hydrogen-bond donors (Lipinski definition) is 2. The molecule has 0 atom stereocenters. The summed E-state index contributed by atoms with van der Waals surface area (Å²) in [5, 5.41) is 3.06. The van der Waals surface area contributed by atoms with E-state index in [0.29, 0.717) is 41.5 Å². The van der Waals surface area contributed by atoms with Gasteiger partial charge in [-0.15, -0.1) is 0 Å². The molecule has 2 aromatic carbocycles. The Hall–Kier alpha value is -4.40. The van der Waals surface area contributed by atoms with Gasteiger partial charge in [0.25, 0.3) is 5.91 Å². The highest BCUT2D eigenvalue weighted by Gasteiger charge is 2.34. The molecule has 0 aliphatic carbocycles. The number of primary amides is 1. The second-order valence-corrected chi connectivity index (χ2v) is 7.79. The summed E-state index contributed by atoms with van der Waals surface area (Å²) in [5.41, 5.74) is 8.56. The maximum Gasteiger partial charge on any atom is 0.269 e. The third kappa shape index (κ3) is 3.63. The van der Waals surface area contributed by atoms with E-state index in [4.69, 9.17) is 15.5 Å². The predicted octanol–water partition coefficient (Wildman–Crippen LogP) is 3.47. The molecule has 4 aromatic rings. The van der Waals surface area contributed by atoms with Gasteiger partial charge in [0.15, 0.2) is 11.3 Å². The van der Waals surface area contributed by atoms with Gasteiger partial charge in [-0.1, -0.05) is 6.58 Å². The third-order valence-corrected chi connectivity index (χ3v) is 5.70. The van der Waals surface area contributed by atoms with Crippen LogP contribution in [-0.4, -0.2) is 44.4 Å². The zero-order valence-corrected chi connectivity index (χ0v) is 17.5. The summed E-state index contributed by atoms with van der Waals surface area (Å²) in [5.74, 6) is 0.0973. The van der Waals surface area contributed by atoms with E-state index in [9.17, 15) is 14.0 Å². The Morgan fingerprint density at radius 2 is 1.76 bits per heavy atom. The average Bonchev–Trinajstić information content (AvgIpc) is 3.34. The van der Waals surface area contributed by atoms with Gasteiger partial charge in [-0.3, -0.25) is 14.7 Å². The Morgan fingerprint density at radius 3 is 2.36 bits per heavy atom. The van der Waals surface area contributed by atoms with Crippen LogP contribution < -0.4 is 10.5 Å². The topological polar surface area (TPSA) is 106 Å². The number of H-pyrrole nitrogens is 1. The number of nitrogens with two attached hydrogens (primary N) is 1. The van der Waals surface area contributed by atoms with E-state index < -0.39 is 5.91 Å². The van der Waals surface area contributed by atoms with E-state index in [1.54, 1.807) is 39.9 Å². The summed E-state index contributed by atoms with van der Waals surface area (Å²) in [6, 6.07) is 12.8. The molecule has 1 aliphatic heterocycles. The lowest BCUT2D eigenvalue weighted by molar-refractivity contribution is -0.130. The van der Waals surface area contributed by atoms with Gasteiger partial charge in [0.2, 0.25) is 5.91 Å². The Labute approximate surface area is 188 Å². The number of halogens is 1. The fourth-order valence-electron chi connectivity index (χ4n) is 3.97. The first-order valence-corrected chi connectivity index (χ1v) is 10.3. The van der Waals surface area contributed by atoms with Crippen LogP contribution in [0.1, 0.15) is 22.0 Å². The minimum atomic E-state index is -0.616. The van der Waals surface area contributed by atoms with Crippen LogP contribution in [0.2, 0.25) is 0 Å². The lowest BCUT2D eigenvalue weighted by Gasteiger charge is -2.38. The highest BCUT2D eigenvalue weighted by Crippen LogP contribution is 2.33. The van der Waals surface area contributed by atoms with Gasteiger partial charge in [-0.05, 0) is 54.6 Å². The number of likely N-dealkylation sites (tertiary alicyclic amines) is 1. The quantitative estimate of drug-likeness (QED) is 0.443. The smallest absolute Gasteiger partial charge is 0.269 e. The van der Waals surface area contributed by atoms with Crippen LogP contribution in [0.15, 0.2) is 67.4 Å². The van der Waals surface area contributed by atoms with Crippen LogP contribution >= 0.6 is 0 Å². The number of imidazole rings is 1. The fraction of sp³-hybridized carbons (Fsp3) is 0.125. The molecular formula is C24H20FN5O3. The van der Waals surface area contributed by atoms with Crippen molar-refractivity contribution in [1.29, 1.82) is 0 Å². The van der Waals surface area contributed by atoms with Crippen LogP contribution in [0.25, 0.3) is 16.9 Å². The molecular weight excluding hydrogens is 425 g/mol. The Morgan fingerprint density at radius 1 is 1.12 bits per heavy atom. The number of aromatic amines is 1. The van der Waals surface area contributed by atoms with Crippen molar-refractivity contribution in [2.45, 2.75) is 5.92 Å². The van der Waals surface area contributed by atoms with Gasteiger partial charge in [0, 0.05) is 36.3 Å². The molecule has 33 heavy (non-hydrogen) atoms. The van der Waals surface area contributed by atoms with E-state index in [-0.39, 0.29) is 23.3 Å². The Bertz CT molecular complexity index is 1370. The van der Waals surface area contributed by atoms with Crippen molar-refractivity contribution in [3.63, 3.8) is 0 Å². The monoisotopic (exact) mass is 445 g/mol. The summed E-state index contributed by atoms with van der Waals surface area (Å²) in [7, 11) is 0. The van der Waals surface area contributed by atoms with Crippen LogP contribution in [0.3, 0.4) is 0 Å². The summed E-state index contributed by atoms with van der Waals surface area (Å²) in [6.45, 7) is 4.63. The molecule has 0 unspecified atom stereocenters. The predicted molar refractivity (Wildman–Crippen MR) is 119 cm³/mol. The van der Waals surface area contributed by atoms with Crippen molar-refractivity contribution < 1.29 is 18.7 Å². The number of benzene rings is 2. The van der Waals surface area contributed by atoms with Gasteiger partial charge in [-0.2, -0.15) is 0 Å². The van der Waals surface area contributed by atoms with Crippen molar-refractivity contribution in [1.82, 2.24) is 19.5 Å². The van der Waals surface area contributed by atoms with E-state index in [1.807, 2.05) is 0 Å². The highest BCUT2D eigenvalue weighted by molar-refractivity contribution is 5.98. The Balaban J connectivity index is 1.44. The summed E-state index contributed by atoms with van der Waals surface area (Å²) in [6.07, 6.45) is 3.09. The second kappa shape index (κ2) is 7.94. The third-order valence-electron chi connectivity index (χ3n) is 5.70.